The molecule has 0 saturated carbocycles. The molecule has 0 rings (SSSR count). The standard InChI is InChI=1S/C6H11FO2/c1-3-4-6(2,9)5(7)8/h9H,3-4H2,1-2H3. The molecule has 0 aromatic rings. The Kier molecular flexibility index (Phi) is 2.77. The topological polar surface area (TPSA) is 37.3 Å². The molecular formula is C6H11FO2. The van der Waals surface area contributed by atoms with Crippen molar-refractivity contribution in [3.05, 3.63) is 0 Å². The Labute approximate surface area is 53.7 Å². The molecule has 0 aliphatic rings. The first-order valence-corrected chi connectivity index (χ1v) is 2.93. The average Bonchev–Trinajstić information content (AvgIpc) is 1.65. The molecule has 0 heterocycles. The molecule has 54 valence electrons. The van der Waals surface area contributed by atoms with Crippen molar-refractivity contribution in [3.63, 3.8) is 0 Å². The van der Waals surface area contributed by atoms with Crippen LogP contribution in [0.1, 0.15) is 26.7 Å². The van der Waals surface area contributed by atoms with Gasteiger partial charge in [0, 0.05) is 0 Å². The number of aliphatic hydroxyl groups is 1. The summed E-state index contributed by atoms with van der Waals surface area (Å²) in [5.74, 6) is 0. The van der Waals surface area contributed by atoms with Gasteiger partial charge in [0.05, 0.1) is 0 Å². The Morgan fingerprint density at radius 2 is 2.22 bits per heavy atom. The first-order chi connectivity index (χ1) is 4.00. The molecule has 0 amide bonds. The smallest absolute Gasteiger partial charge is 0.332 e. The highest BCUT2D eigenvalue weighted by atomic mass is 19.1. The van der Waals surface area contributed by atoms with Crippen LogP contribution in [0.25, 0.3) is 0 Å². The first kappa shape index (κ1) is 8.56. The molecule has 0 bridgehead atoms. The van der Waals surface area contributed by atoms with Gasteiger partial charge in [0.15, 0.2) is 5.60 Å². The lowest BCUT2D eigenvalue weighted by molar-refractivity contribution is -0.148. The van der Waals surface area contributed by atoms with Crippen LogP contribution >= 0.6 is 0 Å². The summed E-state index contributed by atoms with van der Waals surface area (Å²) in [6, 6.07) is -1.65. The maximum atomic E-state index is 11.8. The van der Waals surface area contributed by atoms with E-state index in [2.05, 4.69) is 0 Å². The normalized spacial score (nSPS) is 16.9. The van der Waals surface area contributed by atoms with Crippen molar-refractivity contribution >= 4 is 6.04 Å². The molecule has 1 atom stereocenters. The van der Waals surface area contributed by atoms with Gasteiger partial charge in [-0.05, 0) is 13.3 Å². The van der Waals surface area contributed by atoms with Gasteiger partial charge in [-0.25, -0.2) is 0 Å². The minimum absolute atomic E-state index is 0.183. The van der Waals surface area contributed by atoms with Crippen LogP contribution in [0, 0.1) is 0 Å². The van der Waals surface area contributed by atoms with Gasteiger partial charge in [-0.2, -0.15) is 4.39 Å². The third-order valence-corrected chi connectivity index (χ3v) is 1.16. The van der Waals surface area contributed by atoms with Crippen molar-refractivity contribution in [1.82, 2.24) is 0 Å². The van der Waals surface area contributed by atoms with Crippen LogP contribution in [0.15, 0.2) is 0 Å². The molecule has 2 nitrogen and oxygen atoms in total. The highest BCUT2D eigenvalue weighted by Crippen LogP contribution is 2.12. The van der Waals surface area contributed by atoms with Crippen LogP contribution in [0.2, 0.25) is 0 Å². The van der Waals surface area contributed by atoms with E-state index in [1.54, 1.807) is 6.92 Å². The fraction of sp³-hybridized carbons (Fsp3) is 0.833. The van der Waals surface area contributed by atoms with Crippen LogP contribution < -0.4 is 0 Å². The Morgan fingerprint density at radius 1 is 1.78 bits per heavy atom. The summed E-state index contributed by atoms with van der Waals surface area (Å²) >= 11 is 0. The first-order valence-electron chi connectivity index (χ1n) is 2.93. The average molecular weight is 134 g/mol. The maximum Gasteiger partial charge on any atom is 0.332 e. The van der Waals surface area contributed by atoms with E-state index < -0.39 is 11.6 Å². The third-order valence-electron chi connectivity index (χ3n) is 1.16. The van der Waals surface area contributed by atoms with Gasteiger partial charge >= 0.3 is 6.04 Å². The van der Waals surface area contributed by atoms with Gasteiger partial charge in [0.2, 0.25) is 0 Å². The minimum atomic E-state index is -1.76. The second kappa shape index (κ2) is 2.92. The summed E-state index contributed by atoms with van der Waals surface area (Å²) in [7, 11) is 0. The zero-order chi connectivity index (χ0) is 7.49. The highest BCUT2D eigenvalue weighted by molar-refractivity contribution is 5.77. The van der Waals surface area contributed by atoms with Crippen molar-refractivity contribution in [2.75, 3.05) is 0 Å². The van der Waals surface area contributed by atoms with Crippen LogP contribution in [0.3, 0.4) is 0 Å². The van der Waals surface area contributed by atoms with Crippen LogP contribution in [-0.4, -0.2) is 16.7 Å². The quantitative estimate of drug-likeness (QED) is 0.585. The molecule has 0 saturated heterocycles. The van der Waals surface area contributed by atoms with E-state index in [4.69, 9.17) is 5.11 Å². The largest absolute Gasteiger partial charge is 0.379 e. The lowest BCUT2D eigenvalue weighted by Gasteiger charge is -2.14. The summed E-state index contributed by atoms with van der Waals surface area (Å²) in [4.78, 5) is 9.94. The van der Waals surface area contributed by atoms with E-state index >= 15 is 0 Å². The second-order valence-electron chi connectivity index (χ2n) is 2.30. The SMILES string of the molecule is CCCC(C)(O)C(=O)F. The number of rotatable bonds is 3. The lowest BCUT2D eigenvalue weighted by atomic mass is 10.0. The summed E-state index contributed by atoms with van der Waals surface area (Å²) in [5.41, 5.74) is -1.76. The van der Waals surface area contributed by atoms with Gasteiger partial charge in [-0.1, -0.05) is 13.3 Å². The molecule has 3 heteroatoms. The van der Waals surface area contributed by atoms with E-state index in [0.717, 1.165) is 0 Å². The van der Waals surface area contributed by atoms with Crippen molar-refractivity contribution in [2.45, 2.75) is 32.3 Å². The number of hydrogen-bond acceptors (Lipinski definition) is 2. The summed E-state index contributed by atoms with van der Waals surface area (Å²) in [5, 5.41) is 8.87. The van der Waals surface area contributed by atoms with Crippen molar-refractivity contribution < 1.29 is 14.3 Å². The van der Waals surface area contributed by atoms with Crippen molar-refractivity contribution in [2.24, 2.45) is 0 Å². The summed E-state index contributed by atoms with van der Waals surface area (Å²) < 4.78 is 11.8. The fourth-order valence-corrected chi connectivity index (χ4v) is 0.585. The molecule has 0 aromatic heterocycles. The highest BCUT2D eigenvalue weighted by Gasteiger charge is 2.28. The Hall–Kier alpha value is -0.440. The second-order valence-corrected chi connectivity index (χ2v) is 2.30. The Morgan fingerprint density at radius 3 is 2.33 bits per heavy atom. The molecule has 0 aromatic carbocycles. The van der Waals surface area contributed by atoms with Gasteiger partial charge in [-0.3, -0.25) is 4.79 Å². The molecule has 0 radical (unpaired) electrons. The fourth-order valence-electron chi connectivity index (χ4n) is 0.585. The van der Waals surface area contributed by atoms with Crippen molar-refractivity contribution in [1.29, 1.82) is 0 Å². The third kappa shape index (κ3) is 2.56. The molecule has 0 aliphatic heterocycles. The molecule has 0 aliphatic carbocycles. The number of carbonyl (C=O) groups is 1. The van der Waals surface area contributed by atoms with Crippen LogP contribution in [-0.2, 0) is 4.79 Å². The summed E-state index contributed by atoms with van der Waals surface area (Å²) in [6.45, 7) is 2.95. The number of carbonyl (C=O) groups excluding carboxylic acids is 1. The van der Waals surface area contributed by atoms with Crippen LogP contribution in [0.5, 0.6) is 0 Å². The predicted octanol–water partition coefficient (Wildman–Crippen LogP) is 1.03. The molecule has 1 unspecified atom stereocenters. The number of halogens is 1. The minimum Gasteiger partial charge on any atom is -0.379 e. The van der Waals surface area contributed by atoms with E-state index in [9.17, 15) is 9.18 Å². The molecule has 0 spiro atoms. The van der Waals surface area contributed by atoms with Gasteiger partial charge in [-0.15, -0.1) is 0 Å². The monoisotopic (exact) mass is 134 g/mol. The molecule has 9 heavy (non-hydrogen) atoms. The number of hydrogen-bond donors (Lipinski definition) is 1. The molecule has 1 N–H and O–H groups in total. The van der Waals surface area contributed by atoms with Gasteiger partial charge in [0.1, 0.15) is 0 Å². The van der Waals surface area contributed by atoms with E-state index in [0.29, 0.717) is 6.42 Å². The molecular weight excluding hydrogens is 123 g/mol. The zero-order valence-corrected chi connectivity index (χ0v) is 5.65. The van der Waals surface area contributed by atoms with Gasteiger partial charge < -0.3 is 5.11 Å². The van der Waals surface area contributed by atoms with Crippen LogP contribution in [0.4, 0.5) is 4.39 Å². The maximum absolute atomic E-state index is 11.8. The Bertz CT molecular complexity index is 110. The van der Waals surface area contributed by atoms with E-state index in [1.165, 1.54) is 6.92 Å². The summed E-state index contributed by atoms with van der Waals surface area (Å²) in [6.07, 6.45) is 0.783. The predicted molar refractivity (Wildman–Crippen MR) is 31.6 cm³/mol. The Balaban J connectivity index is 3.85. The zero-order valence-electron chi connectivity index (χ0n) is 5.65. The lowest BCUT2D eigenvalue weighted by Crippen LogP contribution is -2.31. The molecule has 0 fully saturated rings. The van der Waals surface area contributed by atoms with Crippen molar-refractivity contribution in [3.8, 4) is 0 Å². The van der Waals surface area contributed by atoms with E-state index in [-0.39, 0.29) is 6.42 Å². The van der Waals surface area contributed by atoms with E-state index in [1.807, 2.05) is 0 Å². The van der Waals surface area contributed by atoms with Gasteiger partial charge in [0.25, 0.3) is 0 Å².